The molecule has 1 saturated heterocycles. The van der Waals surface area contributed by atoms with Gasteiger partial charge in [-0.15, -0.1) is 0 Å². The predicted molar refractivity (Wildman–Crippen MR) is 109 cm³/mol. The van der Waals surface area contributed by atoms with Crippen LogP contribution in [-0.2, 0) is 25.7 Å². The molecule has 1 aliphatic heterocycles. The number of nitrogens with zero attached hydrogens (tertiary/aromatic N) is 1. The number of fused-ring (bicyclic) bond motifs is 2. The van der Waals surface area contributed by atoms with Gasteiger partial charge >= 0.3 is 11.6 Å². The normalized spacial score (nSPS) is 21.2. The van der Waals surface area contributed by atoms with Crippen LogP contribution in [0.5, 0.6) is 0 Å². The molecule has 0 N–H and O–H groups in total. The molecular weight excluding hydrogens is 410 g/mol. The molecule has 2 aromatic rings. The van der Waals surface area contributed by atoms with Crippen molar-refractivity contribution < 1.29 is 23.5 Å². The van der Waals surface area contributed by atoms with Crippen molar-refractivity contribution in [2.24, 2.45) is 11.8 Å². The molecule has 7 nitrogen and oxygen atoms in total. The average molecular weight is 432 g/mol. The number of carbonyl (C=O) groups is 3. The lowest BCUT2D eigenvalue weighted by Gasteiger charge is -2.19. The first-order chi connectivity index (χ1) is 14.3. The molecule has 30 heavy (non-hydrogen) atoms. The first-order valence-corrected chi connectivity index (χ1v) is 10.5. The van der Waals surface area contributed by atoms with Crippen LogP contribution < -0.4 is 5.63 Å². The van der Waals surface area contributed by atoms with E-state index in [1.165, 1.54) is 11.0 Å². The van der Waals surface area contributed by atoms with Crippen molar-refractivity contribution in [3.8, 4) is 0 Å². The number of esters is 1. The second-order valence-electron chi connectivity index (χ2n) is 7.92. The van der Waals surface area contributed by atoms with Gasteiger partial charge in [0, 0.05) is 28.6 Å². The van der Waals surface area contributed by atoms with Crippen molar-refractivity contribution in [1.29, 1.82) is 0 Å². The van der Waals surface area contributed by atoms with Crippen LogP contribution in [0, 0.1) is 18.8 Å². The number of benzene rings is 1. The molecule has 4 rings (SSSR count). The lowest BCUT2D eigenvalue weighted by molar-refractivity contribution is -0.146. The van der Waals surface area contributed by atoms with E-state index in [2.05, 4.69) is 0 Å². The van der Waals surface area contributed by atoms with Gasteiger partial charge in [-0.2, -0.15) is 0 Å². The number of carbonyl (C=O) groups excluding carboxylic acids is 3. The van der Waals surface area contributed by atoms with Crippen LogP contribution in [0.25, 0.3) is 11.0 Å². The van der Waals surface area contributed by atoms with E-state index in [0.717, 1.165) is 31.2 Å². The van der Waals surface area contributed by atoms with Crippen molar-refractivity contribution in [3.63, 3.8) is 0 Å². The quantitative estimate of drug-likeness (QED) is 0.409. The molecule has 1 aromatic heterocycles. The molecule has 1 aromatic carbocycles. The van der Waals surface area contributed by atoms with Crippen molar-refractivity contribution in [1.82, 2.24) is 4.90 Å². The Balaban J connectivity index is 1.40. The lowest BCUT2D eigenvalue weighted by Crippen LogP contribution is -2.33. The Labute approximate surface area is 177 Å². The number of hydrogen-bond acceptors (Lipinski definition) is 6. The summed E-state index contributed by atoms with van der Waals surface area (Å²) in [6, 6.07) is 4.59. The van der Waals surface area contributed by atoms with Crippen molar-refractivity contribution in [2.75, 3.05) is 6.54 Å². The summed E-state index contributed by atoms with van der Waals surface area (Å²) >= 11 is 6.17. The van der Waals surface area contributed by atoms with Crippen LogP contribution in [0.15, 0.2) is 27.4 Å². The highest BCUT2D eigenvalue weighted by molar-refractivity contribution is 6.32. The number of likely N-dealkylation sites (tertiary alicyclic amines) is 1. The number of rotatable bonds is 5. The molecule has 2 aliphatic rings. The van der Waals surface area contributed by atoms with Gasteiger partial charge in [0.1, 0.15) is 12.2 Å². The molecule has 0 spiro atoms. The second-order valence-corrected chi connectivity index (χ2v) is 8.33. The largest absolute Gasteiger partial charge is 0.461 e. The van der Waals surface area contributed by atoms with Crippen molar-refractivity contribution in [2.45, 2.75) is 45.6 Å². The predicted octanol–water partition coefficient (Wildman–Crippen LogP) is 3.36. The first-order valence-electron chi connectivity index (χ1n) is 10.1. The van der Waals surface area contributed by atoms with E-state index in [-0.39, 0.29) is 43.2 Å². The van der Waals surface area contributed by atoms with Gasteiger partial charge in [-0.3, -0.25) is 19.3 Å². The van der Waals surface area contributed by atoms with E-state index in [1.807, 2.05) is 0 Å². The summed E-state index contributed by atoms with van der Waals surface area (Å²) in [5.74, 6) is -1.36. The van der Waals surface area contributed by atoms with Gasteiger partial charge in [-0.05, 0) is 37.5 Å². The summed E-state index contributed by atoms with van der Waals surface area (Å²) in [5.41, 5.74) is 1.07. The number of ether oxygens (including phenoxy) is 1. The molecule has 1 saturated carbocycles. The maximum Gasteiger partial charge on any atom is 0.336 e. The summed E-state index contributed by atoms with van der Waals surface area (Å²) in [6.07, 6.45) is 3.30. The maximum atomic E-state index is 12.5. The Bertz CT molecular complexity index is 1070. The minimum Gasteiger partial charge on any atom is -0.461 e. The van der Waals surface area contributed by atoms with Crippen LogP contribution in [0.4, 0.5) is 0 Å². The van der Waals surface area contributed by atoms with Crippen LogP contribution >= 0.6 is 11.6 Å². The summed E-state index contributed by atoms with van der Waals surface area (Å²) in [7, 11) is 0. The van der Waals surface area contributed by atoms with Crippen molar-refractivity contribution >= 4 is 40.4 Å². The Kier molecular flexibility index (Phi) is 5.64. The fourth-order valence-corrected chi connectivity index (χ4v) is 4.52. The first kappa shape index (κ1) is 20.6. The van der Waals surface area contributed by atoms with Gasteiger partial charge in [0.2, 0.25) is 11.8 Å². The number of hydrogen-bond donors (Lipinski definition) is 0. The smallest absolute Gasteiger partial charge is 0.336 e. The second kappa shape index (κ2) is 8.22. The molecule has 0 bridgehead atoms. The SMILES string of the molecule is Cc1cc2oc(=O)cc(COC(=O)CCN3C(=O)[C@H]4CCCC[C@H]4C3=O)c2cc1Cl. The van der Waals surface area contributed by atoms with Crippen LogP contribution in [0.3, 0.4) is 0 Å². The molecule has 1 aliphatic carbocycles. The minimum absolute atomic E-state index is 0.0200. The van der Waals surface area contributed by atoms with E-state index < -0.39 is 11.6 Å². The lowest BCUT2D eigenvalue weighted by atomic mass is 9.81. The maximum absolute atomic E-state index is 12.5. The standard InChI is InChI=1S/C22H22ClNO6/c1-12-8-18-16(10-17(12)23)13(9-20(26)30-18)11-29-19(25)6-7-24-21(27)14-4-2-3-5-15(14)22(24)28/h8-10,14-15H,2-7,11H2,1H3/t14-,15+. The summed E-state index contributed by atoms with van der Waals surface area (Å²) in [6.45, 7) is 1.69. The van der Waals surface area contributed by atoms with Crippen molar-refractivity contribution in [3.05, 3.63) is 44.8 Å². The third-order valence-electron chi connectivity index (χ3n) is 5.97. The average Bonchev–Trinajstić information content (AvgIpc) is 2.96. The third kappa shape index (κ3) is 3.86. The highest BCUT2D eigenvalue weighted by Crippen LogP contribution is 2.38. The fraction of sp³-hybridized carbons (Fsp3) is 0.455. The Morgan fingerprint density at radius 2 is 1.80 bits per heavy atom. The molecule has 8 heteroatoms. The highest BCUT2D eigenvalue weighted by atomic mass is 35.5. The van der Waals surface area contributed by atoms with E-state index in [1.54, 1.807) is 19.1 Å². The number of aryl methyl sites for hydroxylation is 1. The van der Waals surface area contributed by atoms with E-state index in [9.17, 15) is 19.2 Å². The Morgan fingerprint density at radius 1 is 1.13 bits per heavy atom. The topological polar surface area (TPSA) is 93.9 Å². The Hall–Kier alpha value is -2.67. The zero-order chi connectivity index (χ0) is 21.4. The minimum atomic E-state index is -0.551. The molecule has 0 radical (unpaired) electrons. The molecule has 2 amide bonds. The summed E-state index contributed by atoms with van der Waals surface area (Å²) < 4.78 is 10.5. The number of amides is 2. The third-order valence-corrected chi connectivity index (χ3v) is 6.38. The molecule has 158 valence electrons. The highest BCUT2D eigenvalue weighted by Gasteiger charge is 2.47. The zero-order valence-electron chi connectivity index (χ0n) is 16.6. The van der Waals surface area contributed by atoms with E-state index in [0.29, 0.717) is 21.6 Å². The number of halogens is 1. The van der Waals surface area contributed by atoms with Gasteiger partial charge in [0.05, 0.1) is 18.3 Å². The van der Waals surface area contributed by atoms with Gasteiger partial charge in [0.15, 0.2) is 0 Å². The molecule has 0 unspecified atom stereocenters. The monoisotopic (exact) mass is 431 g/mol. The zero-order valence-corrected chi connectivity index (χ0v) is 17.4. The molecule has 2 fully saturated rings. The van der Waals surface area contributed by atoms with E-state index in [4.69, 9.17) is 20.8 Å². The summed E-state index contributed by atoms with van der Waals surface area (Å²) in [4.78, 5) is 50.2. The van der Waals surface area contributed by atoms with Gasteiger partial charge in [0.25, 0.3) is 0 Å². The fourth-order valence-electron chi connectivity index (χ4n) is 4.35. The van der Waals surface area contributed by atoms with E-state index >= 15 is 0 Å². The van der Waals surface area contributed by atoms with Crippen LogP contribution in [-0.4, -0.2) is 29.2 Å². The number of imide groups is 1. The van der Waals surface area contributed by atoms with Gasteiger partial charge in [-0.1, -0.05) is 24.4 Å². The van der Waals surface area contributed by atoms with Gasteiger partial charge < -0.3 is 9.15 Å². The van der Waals surface area contributed by atoms with Gasteiger partial charge in [-0.25, -0.2) is 4.79 Å². The molecule has 2 atom stereocenters. The molecule has 2 heterocycles. The Morgan fingerprint density at radius 3 is 2.47 bits per heavy atom. The summed E-state index contributed by atoms with van der Waals surface area (Å²) in [5, 5.41) is 1.10. The molecular formula is C22H22ClNO6. The van der Waals surface area contributed by atoms with Crippen LogP contribution in [0.2, 0.25) is 5.02 Å². The van der Waals surface area contributed by atoms with Crippen LogP contribution in [0.1, 0.15) is 43.2 Å².